The number of carbonyl (C=O) groups excluding carboxylic acids is 1. The maximum absolute atomic E-state index is 12.0. The van der Waals surface area contributed by atoms with Gasteiger partial charge in [0.15, 0.2) is 0 Å². The lowest BCUT2D eigenvalue weighted by molar-refractivity contribution is -0.117. The molecule has 0 aliphatic carbocycles. The third-order valence-corrected chi connectivity index (χ3v) is 3.88. The van der Waals surface area contributed by atoms with Gasteiger partial charge in [-0.1, -0.05) is 39.7 Å². The van der Waals surface area contributed by atoms with E-state index >= 15 is 0 Å². The van der Waals surface area contributed by atoms with Crippen molar-refractivity contribution in [3.63, 3.8) is 0 Å². The van der Waals surface area contributed by atoms with E-state index in [1.165, 1.54) is 18.4 Å². The van der Waals surface area contributed by atoms with Crippen molar-refractivity contribution in [2.24, 2.45) is 0 Å². The summed E-state index contributed by atoms with van der Waals surface area (Å²) in [5.74, 6) is 0.102. The van der Waals surface area contributed by atoms with Gasteiger partial charge in [-0.3, -0.25) is 4.79 Å². The number of nitrogens with zero attached hydrogens (tertiary/aromatic N) is 1. The minimum Gasteiger partial charge on any atom is -0.314 e. The molecule has 1 amide bonds. The number of unbranched alkanes of at least 4 members (excludes halogenated alkanes) is 2. The summed E-state index contributed by atoms with van der Waals surface area (Å²) in [4.78, 5) is 13.7. The van der Waals surface area contributed by atoms with E-state index in [0.717, 1.165) is 24.0 Å². The van der Waals surface area contributed by atoms with Gasteiger partial charge in [0.1, 0.15) is 0 Å². The highest BCUT2D eigenvalue weighted by molar-refractivity contribution is 7.27. The van der Waals surface area contributed by atoms with Crippen molar-refractivity contribution >= 4 is 26.1 Å². The van der Waals surface area contributed by atoms with Crippen molar-refractivity contribution in [2.45, 2.75) is 47.0 Å². The number of carbonyl (C=O) groups is 1. The van der Waals surface area contributed by atoms with Gasteiger partial charge < -0.3 is 10.2 Å². The van der Waals surface area contributed by atoms with Crippen LogP contribution >= 0.6 is 9.24 Å². The molecule has 1 rings (SSSR count). The Kier molecular flexibility index (Phi) is 11.2. The molecule has 0 saturated carbocycles. The Morgan fingerprint density at radius 2 is 1.95 bits per heavy atom. The number of rotatable bonds is 7. The zero-order chi connectivity index (χ0) is 16.3. The summed E-state index contributed by atoms with van der Waals surface area (Å²) in [5, 5.41) is 4.33. The average molecular weight is 310 g/mol. The lowest BCUT2D eigenvalue weighted by atomic mass is 10.2. The Labute approximate surface area is 132 Å². The van der Waals surface area contributed by atoms with Crippen molar-refractivity contribution in [3.8, 4) is 0 Å². The predicted molar refractivity (Wildman–Crippen MR) is 97.7 cm³/mol. The van der Waals surface area contributed by atoms with E-state index in [4.69, 9.17) is 0 Å². The standard InChI is InChI=1S/C15H25N2OP.C2H6/c1-4-5-6-9-16-11-15(18)17(3)13-8-7-12(2)14(19)10-13;1-2/h7-8,10,16H,4-6,9,11,19H2,1-3H3;1-2H3. The molecule has 0 aromatic heterocycles. The fraction of sp³-hybridized carbons (Fsp3) is 0.588. The summed E-state index contributed by atoms with van der Waals surface area (Å²) < 4.78 is 0. The summed E-state index contributed by atoms with van der Waals surface area (Å²) in [5.41, 5.74) is 2.16. The van der Waals surface area contributed by atoms with Crippen LogP contribution in [0.1, 0.15) is 45.6 Å². The number of hydrogen-bond acceptors (Lipinski definition) is 2. The summed E-state index contributed by atoms with van der Waals surface area (Å²) in [6.07, 6.45) is 3.55. The zero-order valence-corrected chi connectivity index (χ0v) is 15.4. The molecule has 1 aromatic carbocycles. The lowest BCUT2D eigenvalue weighted by Crippen LogP contribution is -2.36. The molecule has 0 aliphatic rings. The van der Waals surface area contributed by atoms with Crippen molar-refractivity contribution in [1.29, 1.82) is 0 Å². The lowest BCUT2D eigenvalue weighted by Gasteiger charge is -2.18. The SMILES string of the molecule is CC.CCCCCNCC(=O)N(C)c1ccc(C)c(P)c1. The second-order valence-corrected chi connectivity index (χ2v) is 5.50. The van der Waals surface area contributed by atoms with E-state index in [2.05, 4.69) is 28.4 Å². The summed E-state index contributed by atoms with van der Waals surface area (Å²) in [6.45, 7) is 9.55. The Morgan fingerprint density at radius 1 is 1.29 bits per heavy atom. The monoisotopic (exact) mass is 310 g/mol. The molecule has 0 heterocycles. The van der Waals surface area contributed by atoms with Gasteiger partial charge in [-0.15, -0.1) is 9.24 Å². The average Bonchev–Trinajstić information content (AvgIpc) is 2.51. The minimum absolute atomic E-state index is 0.102. The third-order valence-electron chi connectivity index (χ3n) is 3.26. The predicted octanol–water partition coefficient (Wildman–Crippen LogP) is 3.26. The number of benzene rings is 1. The largest absolute Gasteiger partial charge is 0.314 e. The van der Waals surface area contributed by atoms with E-state index in [9.17, 15) is 4.79 Å². The van der Waals surface area contributed by atoms with Crippen LogP contribution in [0.4, 0.5) is 5.69 Å². The van der Waals surface area contributed by atoms with E-state index in [1.807, 2.05) is 39.1 Å². The molecule has 0 bridgehead atoms. The fourth-order valence-electron chi connectivity index (χ4n) is 1.79. The Hall–Kier alpha value is -0.920. The zero-order valence-electron chi connectivity index (χ0n) is 14.2. The number of likely N-dealkylation sites (N-methyl/N-ethyl adjacent to an activating group) is 1. The van der Waals surface area contributed by atoms with Crippen molar-refractivity contribution in [1.82, 2.24) is 5.32 Å². The molecule has 0 aliphatic heterocycles. The second kappa shape index (κ2) is 11.7. The maximum Gasteiger partial charge on any atom is 0.240 e. The number of hydrogen-bond donors (Lipinski definition) is 1. The molecule has 1 atom stereocenters. The first kappa shape index (κ1) is 20.1. The molecule has 0 spiro atoms. The Morgan fingerprint density at radius 3 is 2.52 bits per heavy atom. The van der Waals surface area contributed by atoms with Crippen molar-refractivity contribution in [3.05, 3.63) is 23.8 Å². The summed E-state index contributed by atoms with van der Waals surface area (Å²) in [6, 6.07) is 6.04. The quantitative estimate of drug-likeness (QED) is 0.619. The number of amides is 1. The highest BCUT2D eigenvalue weighted by atomic mass is 31.0. The van der Waals surface area contributed by atoms with E-state index < -0.39 is 0 Å². The minimum atomic E-state index is 0.102. The summed E-state index contributed by atoms with van der Waals surface area (Å²) >= 11 is 0. The van der Waals surface area contributed by atoms with Gasteiger partial charge in [-0.05, 0) is 42.9 Å². The summed E-state index contributed by atoms with van der Waals surface area (Å²) in [7, 11) is 4.53. The molecule has 21 heavy (non-hydrogen) atoms. The number of nitrogens with one attached hydrogen (secondary N) is 1. The molecular weight excluding hydrogens is 279 g/mol. The van der Waals surface area contributed by atoms with Gasteiger partial charge >= 0.3 is 0 Å². The molecule has 1 aromatic rings. The Balaban J connectivity index is 0.00000191. The van der Waals surface area contributed by atoms with Crippen LogP contribution in [0.2, 0.25) is 0 Å². The second-order valence-electron chi connectivity index (χ2n) is 4.88. The Bertz CT molecular complexity index is 421. The van der Waals surface area contributed by atoms with Crippen LogP contribution in [-0.4, -0.2) is 26.0 Å². The van der Waals surface area contributed by atoms with Gasteiger partial charge in [0.25, 0.3) is 0 Å². The van der Waals surface area contributed by atoms with Gasteiger partial charge in [-0.2, -0.15) is 0 Å². The van der Waals surface area contributed by atoms with Crippen LogP contribution in [-0.2, 0) is 4.79 Å². The molecule has 4 heteroatoms. The van der Waals surface area contributed by atoms with Crippen LogP contribution in [0.5, 0.6) is 0 Å². The molecule has 3 nitrogen and oxygen atoms in total. The first-order valence-corrected chi connectivity index (χ1v) is 8.47. The van der Waals surface area contributed by atoms with Crippen molar-refractivity contribution in [2.75, 3.05) is 25.0 Å². The molecule has 1 unspecified atom stereocenters. The normalized spacial score (nSPS) is 9.81. The topological polar surface area (TPSA) is 32.3 Å². The van der Waals surface area contributed by atoms with Crippen LogP contribution in [0.25, 0.3) is 0 Å². The number of anilines is 1. The third kappa shape index (κ3) is 7.59. The van der Waals surface area contributed by atoms with Gasteiger partial charge in [0.2, 0.25) is 5.91 Å². The maximum atomic E-state index is 12.0. The highest BCUT2D eigenvalue weighted by Gasteiger charge is 2.10. The van der Waals surface area contributed by atoms with E-state index in [-0.39, 0.29) is 5.91 Å². The first-order chi connectivity index (χ1) is 10.1. The first-order valence-electron chi connectivity index (χ1n) is 7.89. The van der Waals surface area contributed by atoms with E-state index in [1.54, 1.807) is 4.90 Å². The molecule has 0 saturated heterocycles. The van der Waals surface area contributed by atoms with Crippen LogP contribution in [0.15, 0.2) is 18.2 Å². The van der Waals surface area contributed by atoms with Crippen molar-refractivity contribution < 1.29 is 4.79 Å². The smallest absolute Gasteiger partial charge is 0.240 e. The molecule has 1 N–H and O–H groups in total. The van der Waals surface area contributed by atoms with Gasteiger partial charge in [0.05, 0.1) is 6.54 Å². The highest BCUT2D eigenvalue weighted by Crippen LogP contribution is 2.13. The van der Waals surface area contributed by atoms with Gasteiger partial charge in [0, 0.05) is 12.7 Å². The molecule has 0 fully saturated rings. The van der Waals surface area contributed by atoms with Gasteiger partial charge in [-0.25, -0.2) is 0 Å². The van der Waals surface area contributed by atoms with E-state index in [0.29, 0.717) is 6.54 Å². The fourth-order valence-corrected chi connectivity index (χ4v) is 2.06. The molecule has 120 valence electrons. The van der Waals surface area contributed by atoms with Crippen LogP contribution < -0.4 is 15.5 Å². The van der Waals surface area contributed by atoms with Crippen LogP contribution in [0, 0.1) is 6.92 Å². The molecular formula is C17H31N2OP. The number of aryl methyl sites for hydroxylation is 1. The van der Waals surface area contributed by atoms with Crippen LogP contribution in [0.3, 0.4) is 0 Å². The molecule has 0 radical (unpaired) electrons.